The molecule has 0 bridgehead atoms. The van der Waals surface area contributed by atoms with Crippen LogP contribution >= 0.6 is 11.8 Å². The molecular weight excluding hydrogens is 262 g/mol. The van der Waals surface area contributed by atoms with E-state index in [4.69, 9.17) is 0 Å². The summed E-state index contributed by atoms with van der Waals surface area (Å²) in [7, 11) is 2.08. The summed E-state index contributed by atoms with van der Waals surface area (Å²) in [6.45, 7) is 4.48. The molecule has 0 aromatic heterocycles. The minimum atomic E-state index is 0.516. The van der Waals surface area contributed by atoms with Crippen LogP contribution in [0.25, 0.3) is 0 Å². The summed E-state index contributed by atoms with van der Waals surface area (Å²) in [6.07, 6.45) is 9.50. The van der Waals surface area contributed by atoms with Crippen LogP contribution in [0.5, 0.6) is 0 Å². The third-order valence-electron chi connectivity index (χ3n) is 3.79. The Hall–Kier alpha value is -0.470. The van der Waals surface area contributed by atoms with Gasteiger partial charge in [0.15, 0.2) is 0 Å². The van der Waals surface area contributed by atoms with Gasteiger partial charge in [0.1, 0.15) is 0 Å². The van der Waals surface area contributed by atoms with Crippen molar-refractivity contribution in [3.05, 3.63) is 29.8 Å². The van der Waals surface area contributed by atoms with E-state index in [1.807, 2.05) is 11.8 Å². The summed E-state index contributed by atoms with van der Waals surface area (Å²) in [6, 6.07) is 9.61. The summed E-state index contributed by atoms with van der Waals surface area (Å²) in [4.78, 5) is 1.38. The van der Waals surface area contributed by atoms with Crippen LogP contribution in [0.3, 0.4) is 0 Å². The molecule has 20 heavy (non-hydrogen) atoms. The van der Waals surface area contributed by atoms with Crippen molar-refractivity contribution in [1.82, 2.24) is 5.32 Å². The summed E-state index contributed by atoms with van der Waals surface area (Å²) < 4.78 is 0. The van der Waals surface area contributed by atoms with E-state index in [0.717, 1.165) is 5.75 Å². The molecule has 0 saturated carbocycles. The van der Waals surface area contributed by atoms with Gasteiger partial charge in [-0.05, 0) is 36.9 Å². The molecule has 1 aromatic carbocycles. The Balaban J connectivity index is 2.33. The first-order valence-corrected chi connectivity index (χ1v) is 9.20. The van der Waals surface area contributed by atoms with Crippen molar-refractivity contribution in [2.75, 3.05) is 12.8 Å². The van der Waals surface area contributed by atoms with Crippen molar-refractivity contribution in [1.29, 1.82) is 0 Å². The molecule has 1 N–H and O–H groups in total. The minimum absolute atomic E-state index is 0.516. The van der Waals surface area contributed by atoms with Gasteiger partial charge in [-0.1, -0.05) is 64.5 Å². The zero-order valence-electron chi connectivity index (χ0n) is 13.5. The van der Waals surface area contributed by atoms with E-state index in [1.165, 1.54) is 55.4 Å². The molecule has 1 rings (SSSR count). The maximum atomic E-state index is 3.47. The average molecular weight is 294 g/mol. The largest absolute Gasteiger partial charge is 0.313 e. The fraction of sp³-hybridized carbons (Fsp3) is 0.667. The van der Waals surface area contributed by atoms with Crippen LogP contribution < -0.4 is 5.32 Å². The van der Waals surface area contributed by atoms with Gasteiger partial charge in [-0.3, -0.25) is 0 Å². The monoisotopic (exact) mass is 293 g/mol. The fourth-order valence-corrected chi connectivity index (χ4v) is 3.23. The minimum Gasteiger partial charge on any atom is -0.313 e. The lowest BCUT2D eigenvalue weighted by Crippen LogP contribution is -2.16. The normalized spacial score (nSPS) is 12.6. The van der Waals surface area contributed by atoms with Crippen LogP contribution in [0, 0.1) is 0 Å². The molecule has 1 nitrogen and oxygen atoms in total. The van der Waals surface area contributed by atoms with E-state index in [0.29, 0.717) is 6.04 Å². The molecule has 0 aliphatic carbocycles. The molecule has 0 spiro atoms. The SMILES string of the molecule is CCCCCCCCC(NC)c1ccc(SCC)cc1. The topological polar surface area (TPSA) is 12.0 Å². The third kappa shape index (κ3) is 6.81. The highest BCUT2D eigenvalue weighted by atomic mass is 32.2. The van der Waals surface area contributed by atoms with Gasteiger partial charge < -0.3 is 5.32 Å². The molecular formula is C18H31NS. The predicted molar refractivity (Wildman–Crippen MR) is 92.6 cm³/mol. The van der Waals surface area contributed by atoms with Crippen molar-refractivity contribution >= 4 is 11.8 Å². The number of nitrogens with one attached hydrogen (secondary N) is 1. The van der Waals surface area contributed by atoms with E-state index >= 15 is 0 Å². The molecule has 0 heterocycles. The molecule has 2 heteroatoms. The van der Waals surface area contributed by atoms with E-state index in [9.17, 15) is 0 Å². The quantitative estimate of drug-likeness (QED) is 0.408. The van der Waals surface area contributed by atoms with Crippen LogP contribution in [-0.2, 0) is 0 Å². The number of hydrogen-bond acceptors (Lipinski definition) is 2. The van der Waals surface area contributed by atoms with Gasteiger partial charge in [-0.15, -0.1) is 11.8 Å². The molecule has 0 fully saturated rings. The Morgan fingerprint density at radius 3 is 2.20 bits per heavy atom. The summed E-state index contributed by atoms with van der Waals surface area (Å²) in [5.41, 5.74) is 1.43. The number of rotatable bonds is 11. The number of hydrogen-bond donors (Lipinski definition) is 1. The van der Waals surface area contributed by atoms with E-state index in [2.05, 4.69) is 50.5 Å². The summed E-state index contributed by atoms with van der Waals surface area (Å²) >= 11 is 1.91. The number of unbranched alkanes of at least 4 members (excludes halogenated alkanes) is 5. The first kappa shape index (κ1) is 17.6. The molecule has 0 amide bonds. The Labute approximate surface area is 129 Å². The van der Waals surface area contributed by atoms with Crippen LogP contribution in [0.1, 0.15) is 70.4 Å². The van der Waals surface area contributed by atoms with Gasteiger partial charge >= 0.3 is 0 Å². The zero-order chi connectivity index (χ0) is 14.6. The molecule has 1 unspecified atom stereocenters. The highest BCUT2D eigenvalue weighted by Crippen LogP contribution is 2.24. The molecule has 1 atom stereocenters. The summed E-state index contributed by atoms with van der Waals surface area (Å²) in [5, 5.41) is 3.47. The van der Waals surface area contributed by atoms with Crippen molar-refractivity contribution in [3.8, 4) is 0 Å². The second-order valence-corrected chi connectivity index (χ2v) is 6.74. The lowest BCUT2D eigenvalue weighted by Gasteiger charge is -2.17. The smallest absolute Gasteiger partial charge is 0.0317 e. The molecule has 0 aliphatic rings. The van der Waals surface area contributed by atoms with Crippen molar-refractivity contribution in [2.45, 2.75) is 69.7 Å². The standard InChI is InChI=1S/C18H31NS/c1-4-6-7-8-9-10-11-18(19-3)16-12-14-17(15-13-16)20-5-2/h12-15,18-19H,4-11H2,1-3H3. The van der Waals surface area contributed by atoms with E-state index in [-0.39, 0.29) is 0 Å². The first-order valence-electron chi connectivity index (χ1n) is 8.21. The van der Waals surface area contributed by atoms with Gasteiger partial charge in [-0.25, -0.2) is 0 Å². The van der Waals surface area contributed by atoms with Crippen LogP contribution in [0.2, 0.25) is 0 Å². The summed E-state index contributed by atoms with van der Waals surface area (Å²) in [5.74, 6) is 1.15. The predicted octanol–water partition coefficient (Wildman–Crippen LogP) is 5.81. The number of thioether (sulfide) groups is 1. The van der Waals surface area contributed by atoms with Gasteiger partial charge in [0.05, 0.1) is 0 Å². The number of benzene rings is 1. The van der Waals surface area contributed by atoms with Crippen molar-refractivity contribution in [3.63, 3.8) is 0 Å². The van der Waals surface area contributed by atoms with Crippen LogP contribution in [-0.4, -0.2) is 12.8 Å². The van der Waals surface area contributed by atoms with Crippen LogP contribution in [0.15, 0.2) is 29.2 Å². The molecule has 0 saturated heterocycles. The first-order chi connectivity index (χ1) is 9.81. The van der Waals surface area contributed by atoms with Crippen LogP contribution in [0.4, 0.5) is 0 Å². The lowest BCUT2D eigenvalue weighted by molar-refractivity contribution is 0.498. The van der Waals surface area contributed by atoms with Gasteiger partial charge in [0.25, 0.3) is 0 Å². The highest BCUT2D eigenvalue weighted by molar-refractivity contribution is 7.99. The Kier molecular flexibility index (Phi) is 9.86. The maximum absolute atomic E-state index is 3.47. The average Bonchev–Trinajstić information content (AvgIpc) is 2.48. The van der Waals surface area contributed by atoms with Crippen molar-refractivity contribution in [2.24, 2.45) is 0 Å². The maximum Gasteiger partial charge on any atom is 0.0317 e. The van der Waals surface area contributed by atoms with E-state index < -0.39 is 0 Å². The Bertz CT molecular complexity index is 334. The molecule has 0 aliphatic heterocycles. The Morgan fingerprint density at radius 2 is 1.60 bits per heavy atom. The molecule has 0 radical (unpaired) electrons. The van der Waals surface area contributed by atoms with E-state index in [1.54, 1.807) is 0 Å². The second kappa shape index (κ2) is 11.2. The fourth-order valence-electron chi connectivity index (χ4n) is 2.57. The van der Waals surface area contributed by atoms with Crippen molar-refractivity contribution < 1.29 is 0 Å². The van der Waals surface area contributed by atoms with Gasteiger partial charge in [-0.2, -0.15) is 0 Å². The molecule has 114 valence electrons. The second-order valence-electron chi connectivity index (χ2n) is 5.40. The van der Waals surface area contributed by atoms with Gasteiger partial charge in [0, 0.05) is 10.9 Å². The Morgan fingerprint density at radius 1 is 0.950 bits per heavy atom. The third-order valence-corrected chi connectivity index (χ3v) is 4.68. The highest BCUT2D eigenvalue weighted by Gasteiger charge is 2.08. The van der Waals surface area contributed by atoms with Gasteiger partial charge in [0.2, 0.25) is 0 Å². The lowest BCUT2D eigenvalue weighted by atomic mass is 10.00. The molecule has 1 aromatic rings. The zero-order valence-corrected chi connectivity index (χ0v) is 14.3.